The van der Waals surface area contributed by atoms with Crippen LogP contribution in [0.5, 0.6) is 0 Å². The predicted octanol–water partition coefficient (Wildman–Crippen LogP) is 1.92. The van der Waals surface area contributed by atoms with Gasteiger partial charge in [-0.1, -0.05) is 48.5 Å². The highest BCUT2D eigenvalue weighted by atomic mass is 16.5. The Hall–Kier alpha value is -3.23. The maximum atomic E-state index is 12.1. The van der Waals surface area contributed by atoms with Gasteiger partial charge >= 0.3 is 5.97 Å². The summed E-state index contributed by atoms with van der Waals surface area (Å²) in [6, 6.07) is 15.6. The lowest BCUT2D eigenvalue weighted by molar-refractivity contribution is -0.134. The van der Waals surface area contributed by atoms with Crippen molar-refractivity contribution < 1.29 is 19.1 Å². The number of carbonyl (C=O) groups excluding carboxylic acids is 3. The van der Waals surface area contributed by atoms with E-state index in [2.05, 4.69) is 75.0 Å². The molecular weight excluding hydrogens is 432 g/mol. The second-order valence-corrected chi connectivity index (χ2v) is 8.44. The molecule has 8 nitrogen and oxygen atoms in total. The van der Waals surface area contributed by atoms with Crippen LogP contribution in [0.15, 0.2) is 54.6 Å². The molecule has 0 aliphatic carbocycles. The molecule has 0 aromatic heterocycles. The quantitative estimate of drug-likeness (QED) is 0.366. The van der Waals surface area contributed by atoms with E-state index in [4.69, 9.17) is 0 Å². The molecule has 2 aromatic carbocycles. The van der Waals surface area contributed by atoms with Gasteiger partial charge in [-0.25, -0.2) is 4.79 Å². The van der Waals surface area contributed by atoms with E-state index in [0.29, 0.717) is 6.04 Å². The van der Waals surface area contributed by atoms with Crippen molar-refractivity contribution in [2.75, 3.05) is 39.8 Å². The standard InChI is InChI=1S/C26H34N4O4/c1-19(22-10-5-8-20-7-3-4-9-23(20)22)30-15-12-21(13-16-30)28-17-25(32)29-18-24(31)27-14-6-11-26(33)34-2/h3-11,19,21,28H,12-18H2,1-2H3,(H,27,31)(H,29,32)/b11-6+. The fraction of sp³-hybridized carbons (Fsp3) is 0.423. The van der Waals surface area contributed by atoms with Crippen molar-refractivity contribution in [3.8, 4) is 0 Å². The van der Waals surface area contributed by atoms with Gasteiger partial charge in [-0.2, -0.15) is 0 Å². The SMILES string of the molecule is COC(=O)/C=C/CNC(=O)CNC(=O)CNC1CCN(C(C)c2cccc3ccccc23)CC1. The lowest BCUT2D eigenvalue weighted by Crippen LogP contribution is -2.47. The van der Waals surface area contributed by atoms with Crippen molar-refractivity contribution in [2.45, 2.75) is 31.8 Å². The third kappa shape index (κ3) is 7.40. The number of hydrogen-bond acceptors (Lipinski definition) is 6. The van der Waals surface area contributed by atoms with Gasteiger partial charge in [0.15, 0.2) is 0 Å². The molecule has 2 amide bonds. The summed E-state index contributed by atoms with van der Waals surface area (Å²) in [5.41, 5.74) is 1.35. The van der Waals surface area contributed by atoms with Crippen LogP contribution in [0.25, 0.3) is 10.8 Å². The number of piperidine rings is 1. The summed E-state index contributed by atoms with van der Waals surface area (Å²) >= 11 is 0. The van der Waals surface area contributed by atoms with Crippen molar-refractivity contribution in [3.63, 3.8) is 0 Å². The number of ether oxygens (including phenoxy) is 1. The van der Waals surface area contributed by atoms with Gasteiger partial charge in [0.2, 0.25) is 11.8 Å². The van der Waals surface area contributed by atoms with E-state index in [1.54, 1.807) is 0 Å². The van der Waals surface area contributed by atoms with Crippen LogP contribution in [0.2, 0.25) is 0 Å². The van der Waals surface area contributed by atoms with E-state index in [1.165, 1.54) is 35.6 Å². The Morgan fingerprint density at radius 2 is 1.74 bits per heavy atom. The Bertz CT molecular complexity index is 1010. The molecule has 0 spiro atoms. The van der Waals surface area contributed by atoms with Gasteiger partial charge in [0.05, 0.1) is 20.2 Å². The highest BCUT2D eigenvalue weighted by Gasteiger charge is 2.24. The zero-order valence-electron chi connectivity index (χ0n) is 19.9. The van der Waals surface area contributed by atoms with Crippen molar-refractivity contribution in [1.29, 1.82) is 0 Å². The zero-order chi connectivity index (χ0) is 24.3. The lowest BCUT2D eigenvalue weighted by atomic mass is 9.96. The number of methoxy groups -OCH3 is 1. The molecule has 0 radical (unpaired) electrons. The average molecular weight is 467 g/mol. The van der Waals surface area contributed by atoms with Crippen molar-refractivity contribution in [1.82, 2.24) is 20.9 Å². The Morgan fingerprint density at radius 3 is 2.50 bits per heavy atom. The first-order valence-corrected chi connectivity index (χ1v) is 11.7. The Morgan fingerprint density at radius 1 is 1.03 bits per heavy atom. The summed E-state index contributed by atoms with van der Waals surface area (Å²) < 4.78 is 4.46. The third-order valence-electron chi connectivity index (χ3n) is 6.22. The molecule has 1 fully saturated rings. The van der Waals surface area contributed by atoms with Crippen molar-refractivity contribution in [3.05, 3.63) is 60.2 Å². The van der Waals surface area contributed by atoms with Crippen molar-refractivity contribution >= 4 is 28.6 Å². The topological polar surface area (TPSA) is 99.8 Å². The number of likely N-dealkylation sites (tertiary alicyclic amines) is 1. The molecule has 1 saturated heterocycles. The molecule has 3 rings (SSSR count). The first-order chi connectivity index (χ1) is 16.5. The van der Waals surface area contributed by atoms with Crippen molar-refractivity contribution in [2.24, 2.45) is 0 Å². The highest BCUT2D eigenvalue weighted by molar-refractivity contribution is 5.86. The molecule has 1 atom stereocenters. The van der Waals surface area contributed by atoms with E-state index in [9.17, 15) is 14.4 Å². The second kappa shape index (κ2) is 12.9. The maximum absolute atomic E-state index is 12.1. The fourth-order valence-electron chi connectivity index (χ4n) is 4.24. The van der Waals surface area contributed by atoms with Gasteiger partial charge in [-0.15, -0.1) is 0 Å². The van der Waals surface area contributed by atoms with E-state index in [0.717, 1.165) is 25.9 Å². The predicted molar refractivity (Wildman–Crippen MR) is 132 cm³/mol. The Kier molecular flexibility index (Phi) is 9.61. The molecule has 2 aromatic rings. The van der Waals surface area contributed by atoms with E-state index in [-0.39, 0.29) is 37.5 Å². The van der Waals surface area contributed by atoms with E-state index >= 15 is 0 Å². The monoisotopic (exact) mass is 466 g/mol. The highest BCUT2D eigenvalue weighted by Crippen LogP contribution is 2.29. The van der Waals surface area contributed by atoms with Crippen LogP contribution in [0.3, 0.4) is 0 Å². The van der Waals surface area contributed by atoms with Crippen LogP contribution < -0.4 is 16.0 Å². The number of rotatable bonds is 10. The van der Waals surface area contributed by atoms with Gasteiger partial charge < -0.3 is 20.7 Å². The molecule has 1 aliphatic rings. The van der Waals surface area contributed by atoms with Crippen LogP contribution >= 0.6 is 0 Å². The average Bonchev–Trinajstić information content (AvgIpc) is 2.88. The smallest absolute Gasteiger partial charge is 0.330 e. The molecule has 8 heteroatoms. The van der Waals surface area contributed by atoms with Crippen LogP contribution in [-0.4, -0.2) is 68.6 Å². The van der Waals surface area contributed by atoms with Crippen LogP contribution in [0, 0.1) is 0 Å². The number of benzene rings is 2. The number of nitrogens with zero attached hydrogens (tertiary/aromatic N) is 1. The molecule has 0 saturated carbocycles. The maximum Gasteiger partial charge on any atom is 0.330 e. The molecule has 1 heterocycles. The summed E-state index contributed by atoms with van der Waals surface area (Å²) in [5.74, 6) is -1.02. The van der Waals surface area contributed by atoms with Gasteiger partial charge in [0, 0.05) is 37.8 Å². The Balaban J connectivity index is 1.35. The summed E-state index contributed by atoms with van der Waals surface area (Å²) in [6.07, 6.45) is 4.66. The number of amides is 2. The van der Waals surface area contributed by atoms with Gasteiger partial charge in [-0.05, 0) is 36.1 Å². The molecular formula is C26H34N4O4. The number of fused-ring (bicyclic) bond motifs is 1. The molecule has 3 N–H and O–H groups in total. The summed E-state index contributed by atoms with van der Waals surface area (Å²) in [6.45, 7) is 4.46. The molecule has 34 heavy (non-hydrogen) atoms. The van der Waals surface area contributed by atoms with Crippen LogP contribution in [0.4, 0.5) is 0 Å². The lowest BCUT2D eigenvalue weighted by Gasteiger charge is -2.37. The summed E-state index contributed by atoms with van der Waals surface area (Å²) in [7, 11) is 1.28. The number of esters is 1. The van der Waals surface area contributed by atoms with Gasteiger partial charge in [-0.3, -0.25) is 14.5 Å². The van der Waals surface area contributed by atoms with Crippen LogP contribution in [-0.2, 0) is 19.1 Å². The number of nitrogens with one attached hydrogen (secondary N) is 3. The minimum absolute atomic E-state index is 0.104. The minimum atomic E-state index is -0.484. The first-order valence-electron chi connectivity index (χ1n) is 11.7. The van der Waals surface area contributed by atoms with Crippen LogP contribution in [0.1, 0.15) is 31.4 Å². The molecule has 1 unspecified atom stereocenters. The second-order valence-electron chi connectivity index (χ2n) is 8.44. The zero-order valence-corrected chi connectivity index (χ0v) is 19.9. The largest absolute Gasteiger partial charge is 0.466 e. The molecule has 0 bridgehead atoms. The minimum Gasteiger partial charge on any atom is -0.466 e. The number of carbonyl (C=O) groups is 3. The van der Waals surface area contributed by atoms with E-state index in [1.807, 2.05) is 0 Å². The normalized spacial score (nSPS) is 15.8. The first kappa shape index (κ1) is 25.4. The Labute approximate surface area is 200 Å². The fourth-order valence-corrected chi connectivity index (χ4v) is 4.24. The molecule has 182 valence electrons. The summed E-state index contributed by atoms with van der Waals surface area (Å²) in [5, 5.41) is 11.1. The number of hydrogen-bond donors (Lipinski definition) is 3. The molecule has 1 aliphatic heterocycles. The van der Waals surface area contributed by atoms with E-state index < -0.39 is 5.97 Å². The van der Waals surface area contributed by atoms with Gasteiger partial charge in [0.1, 0.15) is 0 Å². The van der Waals surface area contributed by atoms with Gasteiger partial charge in [0.25, 0.3) is 0 Å². The third-order valence-corrected chi connectivity index (χ3v) is 6.22. The summed E-state index contributed by atoms with van der Waals surface area (Å²) in [4.78, 5) is 37.3.